The van der Waals surface area contributed by atoms with E-state index in [-0.39, 0.29) is 10.8 Å². The van der Waals surface area contributed by atoms with E-state index in [0.29, 0.717) is 17.1 Å². The van der Waals surface area contributed by atoms with Gasteiger partial charge in [0.1, 0.15) is 0 Å². The summed E-state index contributed by atoms with van der Waals surface area (Å²) in [5, 5.41) is 0. The summed E-state index contributed by atoms with van der Waals surface area (Å²) in [5.74, 6) is 0. The van der Waals surface area contributed by atoms with Crippen molar-refractivity contribution in [2.24, 2.45) is 10.8 Å². The summed E-state index contributed by atoms with van der Waals surface area (Å²) in [4.78, 5) is 0. The summed E-state index contributed by atoms with van der Waals surface area (Å²) in [5.41, 5.74) is 0.391. The molecule has 0 bridgehead atoms. The second-order valence-electron chi connectivity index (χ2n) is 18.0. The molecule has 0 aliphatic heterocycles. The molecular weight excluding hydrogens is 522 g/mol. The van der Waals surface area contributed by atoms with Crippen molar-refractivity contribution in [2.45, 2.75) is 156 Å². The van der Waals surface area contributed by atoms with Crippen molar-refractivity contribution in [3.8, 4) is 0 Å². The van der Waals surface area contributed by atoms with E-state index < -0.39 is 44.8 Å². The molecule has 0 N–H and O–H groups in total. The number of nitrogens with zero attached hydrogens (tertiary/aromatic N) is 1. The van der Waals surface area contributed by atoms with Crippen LogP contribution in [0.25, 0.3) is 0 Å². The zero-order valence-corrected chi connectivity index (χ0v) is 33.5. The van der Waals surface area contributed by atoms with Crippen LogP contribution in [0.5, 0.6) is 0 Å². The molecule has 0 rings (SSSR count). The zero-order valence-electron chi connectivity index (χ0n) is 28.7. The number of hydrogen-bond acceptors (Lipinski definition) is 1. The molecule has 1 nitrogen and oxygen atoms in total. The van der Waals surface area contributed by atoms with Gasteiger partial charge in [-0.1, -0.05) is 0 Å². The van der Waals surface area contributed by atoms with Gasteiger partial charge in [-0.2, -0.15) is 0 Å². The molecule has 0 aromatic heterocycles. The van der Waals surface area contributed by atoms with Gasteiger partial charge in [0.05, 0.1) is 0 Å². The fourth-order valence-electron chi connectivity index (χ4n) is 7.44. The third-order valence-corrected chi connectivity index (χ3v) is 29.6. The molecule has 0 heterocycles. The van der Waals surface area contributed by atoms with Crippen LogP contribution in [-0.4, -0.2) is 61.5 Å². The normalized spacial score (nSPS) is 15.5. The van der Waals surface area contributed by atoms with Gasteiger partial charge in [-0.05, 0) is 0 Å². The van der Waals surface area contributed by atoms with Crippen LogP contribution >= 0.6 is 0 Å². The van der Waals surface area contributed by atoms with E-state index in [9.17, 15) is 0 Å². The molecule has 36 heavy (non-hydrogen) atoms. The van der Waals surface area contributed by atoms with Gasteiger partial charge >= 0.3 is 246 Å². The first-order valence-corrected chi connectivity index (χ1v) is 21.7. The minimum absolute atomic E-state index is 0.196. The van der Waals surface area contributed by atoms with Crippen LogP contribution in [0.3, 0.4) is 0 Å². The van der Waals surface area contributed by atoms with Crippen molar-refractivity contribution >= 4 is 44.8 Å². The monoisotopic (exact) mass is 587 g/mol. The van der Waals surface area contributed by atoms with E-state index in [1.807, 2.05) is 5.98 Å². The molecule has 0 fully saturated rings. The molecular formula is C32H66Al2GaN. The second-order valence-corrected chi connectivity index (χ2v) is 36.8. The van der Waals surface area contributed by atoms with Crippen molar-refractivity contribution in [1.82, 2.24) is 3.61 Å². The second kappa shape index (κ2) is 12.8. The van der Waals surface area contributed by atoms with Gasteiger partial charge in [-0.25, -0.2) is 0 Å². The van der Waals surface area contributed by atoms with E-state index in [4.69, 9.17) is 0 Å². The SMILES string of the molecule is CC[N](CC)[Ga](/[C](=C\C(C)(C)C)[Al]([C](C)(C)C)[C](C)(C)C)/[C](=C/C(C)(C)C)[Al]([C](C)(C)C)[C](C)(C)C. The predicted octanol–water partition coefficient (Wildman–Crippen LogP) is 10.6. The fourth-order valence-corrected chi connectivity index (χ4v) is 47.2. The van der Waals surface area contributed by atoms with E-state index >= 15 is 0 Å². The van der Waals surface area contributed by atoms with Crippen LogP contribution in [0.2, 0.25) is 17.1 Å². The maximum absolute atomic E-state index is 3.01. The molecule has 0 amide bonds. The van der Waals surface area contributed by atoms with Gasteiger partial charge in [-0.15, -0.1) is 0 Å². The molecule has 0 saturated heterocycles. The van der Waals surface area contributed by atoms with Gasteiger partial charge < -0.3 is 0 Å². The summed E-state index contributed by atoms with van der Waals surface area (Å²) in [6.45, 7) is 52.6. The summed E-state index contributed by atoms with van der Waals surface area (Å²) < 4.78 is 8.37. The van der Waals surface area contributed by atoms with E-state index in [1.165, 1.54) is 13.1 Å². The van der Waals surface area contributed by atoms with Crippen molar-refractivity contribution in [3.05, 3.63) is 18.1 Å². The Bertz CT molecular complexity index is 661. The maximum atomic E-state index is 3.01. The van der Waals surface area contributed by atoms with E-state index in [1.54, 1.807) is 0 Å². The Kier molecular flexibility index (Phi) is 13.2. The first-order valence-electron chi connectivity index (χ1n) is 14.8. The molecule has 0 unspecified atom stereocenters. The molecule has 0 spiro atoms. The summed E-state index contributed by atoms with van der Waals surface area (Å²) in [6, 6.07) is 0. The summed E-state index contributed by atoms with van der Waals surface area (Å²) >= 11 is -5.03. The van der Waals surface area contributed by atoms with Gasteiger partial charge in [-0.3, -0.25) is 0 Å². The Balaban J connectivity index is 8.11. The molecule has 0 atom stereocenters. The summed E-state index contributed by atoms with van der Waals surface area (Å²) in [7, 11) is 0. The third-order valence-electron chi connectivity index (χ3n) is 7.14. The topological polar surface area (TPSA) is 3.24 Å². The quantitative estimate of drug-likeness (QED) is 0.268. The van der Waals surface area contributed by atoms with Gasteiger partial charge in [0.2, 0.25) is 0 Å². The molecule has 0 saturated carbocycles. The summed E-state index contributed by atoms with van der Waals surface area (Å²) in [6.07, 6.45) is 5.66. The Labute approximate surface area is 244 Å². The average molecular weight is 589 g/mol. The van der Waals surface area contributed by atoms with E-state index in [0.717, 1.165) is 0 Å². The van der Waals surface area contributed by atoms with Crippen LogP contribution in [0.1, 0.15) is 138 Å². The Morgan fingerprint density at radius 3 is 0.861 bits per heavy atom. The van der Waals surface area contributed by atoms with Crippen molar-refractivity contribution in [2.75, 3.05) is 13.1 Å². The van der Waals surface area contributed by atoms with Crippen LogP contribution in [0.15, 0.2) is 18.1 Å². The number of allylic oxidation sites excluding steroid dienone is 2. The standard InChI is InChI=1S/2C6H10.C4H10N.4C4H9.2Al.Ga/c2*1-5-6(2,3)4;1-3-5-4-2;4*1-4(2)3;;;/h2*5H,2-4H3;3-4H2,1-2H3;4*1-3H3;;;/q;;-1;;;;;;;+1. The first-order chi connectivity index (χ1) is 15.6. The molecule has 0 aliphatic carbocycles. The molecule has 0 aliphatic rings. The Hall–Kier alpha value is 1.14. The van der Waals surface area contributed by atoms with E-state index in [2.05, 4.69) is 154 Å². The Morgan fingerprint density at radius 2 is 0.722 bits per heavy atom. The fraction of sp³-hybridized carbons (Fsp3) is 0.875. The first kappa shape index (κ1) is 37.1. The molecule has 0 aromatic carbocycles. The van der Waals surface area contributed by atoms with Crippen LogP contribution in [0, 0.1) is 10.8 Å². The van der Waals surface area contributed by atoms with Crippen molar-refractivity contribution in [1.29, 1.82) is 0 Å². The number of rotatable bonds is 7. The minimum atomic E-state index is -2.32. The van der Waals surface area contributed by atoms with Crippen LogP contribution in [0.4, 0.5) is 0 Å². The van der Waals surface area contributed by atoms with Crippen LogP contribution in [-0.2, 0) is 0 Å². The third kappa shape index (κ3) is 11.7. The zero-order chi connectivity index (χ0) is 29.3. The Morgan fingerprint density at radius 1 is 0.500 bits per heavy atom. The van der Waals surface area contributed by atoms with Crippen molar-refractivity contribution < 1.29 is 0 Å². The number of hydrogen-bond donors (Lipinski definition) is 0. The average Bonchev–Trinajstić information content (AvgIpc) is 2.50. The molecule has 4 heteroatoms. The molecule has 0 aromatic rings. The van der Waals surface area contributed by atoms with Gasteiger partial charge in [0.15, 0.2) is 0 Å². The van der Waals surface area contributed by atoms with Gasteiger partial charge in [0.25, 0.3) is 0 Å². The van der Waals surface area contributed by atoms with Gasteiger partial charge in [0, 0.05) is 0 Å². The van der Waals surface area contributed by atoms with Crippen molar-refractivity contribution in [3.63, 3.8) is 0 Å². The molecule has 208 valence electrons. The predicted molar refractivity (Wildman–Crippen MR) is 174 cm³/mol. The molecule has 0 radical (unpaired) electrons. The van der Waals surface area contributed by atoms with Crippen LogP contribution < -0.4 is 0 Å².